The number of rotatable bonds is 11. The summed E-state index contributed by atoms with van der Waals surface area (Å²) in [4.78, 5) is 47.9. The van der Waals surface area contributed by atoms with Gasteiger partial charge in [-0.2, -0.15) is 0 Å². The van der Waals surface area contributed by atoms with Crippen LogP contribution in [0, 0.1) is 5.92 Å². The second-order valence-electron chi connectivity index (χ2n) is 11.7. The summed E-state index contributed by atoms with van der Waals surface area (Å²) in [6, 6.07) is 25.1. The molecular formula is C36H36N4O7S. The Labute approximate surface area is 282 Å². The van der Waals surface area contributed by atoms with Crippen molar-refractivity contribution in [1.82, 2.24) is 20.2 Å². The van der Waals surface area contributed by atoms with Crippen molar-refractivity contribution >= 4 is 29.7 Å². The maximum absolute atomic E-state index is 13.1. The minimum absolute atomic E-state index is 0.000999. The van der Waals surface area contributed by atoms with Crippen LogP contribution >= 0.6 is 11.8 Å². The number of imide groups is 1. The molecule has 2 fully saturated rings. The molecule has 3 amide bonds. The van der Waals surface area contributed by atoms with Gasteiger partial charge in [0.2, 0.25) is 5.91 Å². The van der Waals surface area contributed by atoms with Crippen LogP contribution < -0.4 is 5.32 Å². The molecule has 0 bridgehead atoms. The molecule has 0 saturated carbocycles. The number of carbonyl (C=O) groups excluding carboxylic acids is 3. The lowest BCUT2D eigenvalue weighted by Crippen LogP contribution is -2.41. The Morgan fingerprint density at radius 1 is 0.917 bits per heavy atom. The molecule has 3 heterocycles. The number of hydrogen-bond donors (Lipinski definition) is 2. The Morgan fingerprint density at radius 3 is 2.31 bits per heavy atom. The van der Waals surface area contributed by atoms with Crippen molar-refractivity contribution in [3.05, 3.63) is 125 Å². The average molecular weight is 669 g/mol. The smallest absolute Gasteiger partial charge is 0.408 e. The fourth-order valence-corrected chi connectivity index (χ4v) is 6.62. The van der Waals surface area contributed by atoms with Crippen LogP contribution in [0.4, 0.5) is 4.79 Å². The summed E-state index contributed by atoms with van der Waals surface area (Å²) in [6.07, 6.45) is 1.39. The Hall–Kier alpha value is -4.62. The highest BCUT2D eigenvalue weighted by Crippen LogP contribution is 2.42. The number of nitrogens with zero attached hydrogens (tertiary/aromatic N) is 3. The zero-order valence-electron chi connectivity index (χ0n) is 26.3. The summed E-state index contributed by atoms with van der Waals surface area (Å²) in [5, 5.41) is 12.7. The number of aliphatic hydroxyl groups is 1. The SMILES string of the molecule is C[C@@H]1[C@H](CSc2ncccn2)O[C@H](c2ccc(CN3C(=O)CC(NC(=O)OCc4ccccc4)C3=O)cc2)O[C@@H]1c1ccc(CO)cc1. The van der Waals surface area contributed by atoms with Gasteiger partial charge in [-0.25, -0.2) is 14.8 Å². The molecule has 6 rings (SSSR count). The van der Waals surface area contributed by atoms with E-state index in [-0.39, 0.29) is 50.2 Å². The summed E-state index contributed by atoms with van der Waals surface area (Å²) in [7, 11) is 0. The summed E-state index contributed by atoms with van der Waals surface area (Å²) in [5.74, 6) is -0.238. The van der Waals surface area contributed by atoms with E-state index in [0.717, 1.165) is 32.7 Å². The number of amides is 3. The number of aromatic nitrogens is 2. The highest BCUT2D eigenvalue weighted by atomic mass is 32.2. The van der Waals surface area contributed by atoms with E-state index in [1.807, 2.05) is 78.9 Å². The number of alkyl carbamates (subject to hydrolysis) is 1. The Kier molecular flexibility index (Phi) is 10.8. The summed E-state index contributed by atoms with van der Waals surface area (Å²) in [6.45, 7) is 2.18. The molecule has 1 unspecified atom stereocenters. The summed E-state index contributed by atoms with van der Waals surface area (Å²) < 4.78 is 18.3. The molecule has 2 aliphatic rings. The highest BCUT2D eigenvalue weighted by molar-refractivity contribution is 7.99. The van der Waals surface area contributed by atoms with E-state index in [9.17, 15) is 19.5 Å². The van der Waals surface area contributed by atoms with Gasteiger partial charge >= 0.3 is 6.09 Å². The van der Waals surface area contributed by atoms with E-state index in [4.69, 9.17) is 14.2 Å². The fourth-order valence-electron chi connectivity index (χ4n) is 5.66. The van der Waals surface area contributed by atoms with Gasteiger partial charge in [-0.1, -0.05) is 97.5 Å². The number of aliphatic hydroxyl groups excluding tert-OH is 1. The first-order valence-electron chi connectivity index (χ1n) is 15.7. The number of benzene rings is 3. The van der Waals surface area contributed by atoms with Crippen LogP contribution in [-0.2, 0) is 43.6 Å². The summed E-state index contributed by atoms with van der Waals surface area (Å²) >= 11 is 1.52. The molecule has 3 aromatic carbocycles. The van der Waals surface area contributed by atoms with E-state index < -0.39 is 24.3 Å². The third kappa shape index (κ3) is 8.08. The number of thioether (sulfide) groups is 1. The van der Waals surface area contributed by atoms with Crippen LogP contribution in [0.15, 0.2) is 102 Å². The first-order valence-corrected chi connectivity index (χ1v) is 16.7. The normalized spacial score (nSPS) is 22.5. The lowest BCUT2D eigenvalue weighted by Gasteiger charge is -2.41. The minimum atomic E-state index is -0.981. The van der Waals surface area contributed by atoms with Gasteiger partial charge in [0.15, 0.2) is 11.4 Å². The van der Waals surface area contributed by atoms with Crippen LogP contribution in [0.5, 0.6) is 0 Å². The predicted octanol–water partition coefficient (Wildman–Crippen LogP) is 5.11. The number of carbonyl (C=O) groups is 3. The fraction of sp³-hybridized carbons (Fsp3) is 0.306. The van der Waals surface area contributed by atoms with Gasteiger partial charge < -0.3 is 24.6 Å². The maximum atomic E-state index is 13.1. The van der Waals surface area contributed by atoms with E-state index in [1.165, 1.54) is 11.8 Å². The minimum Gasteiger partial charge on any atom is -0.445 e. The van der Waals surface area contributed by atoms with Crippen molar-refractivity contribution < 1.29 is 33.7 Å². The Morgan fingerprint density at radius 2 is 1.60 bits per heavy atom. The molecule has 11 nitrogen and oxygen atoms in total. The quantitative estimate of drug-likeness (QED) is 0.126. The molecule has 5 atom stereocenters. The lowest BCUT2D eigenvalue weighted by molar-refractivity contribution is -0.268. The molecule has 1 aromatic heterocycles. The van der Waals surface area contributed by atoms with Gasteiger partial charge in [0.25, 0.3) is 5.91 Å². The molecule has 4 aromatic rings. The third-order valence-electron chi connectivity index (χ3n) is 8.38. The number of nitrogens with one attached hydrogen (secondary N) is 1. The second kappa shape index (κ2) is 15.5. The molecular weight excluding hydrogens is 632 g/mol. The zero-order valence-corrected chi connectivity index (χ0v) is 27.1. The van der Waals surface area contributed by atoms with Crippen LogP contribution in [0.3, 0.4) is 0 Å². The van der Waals surface area contributed by atoms with Crippen LogP contribution in [0.2, 0.25) is 0 Å². The number of ether oxygens (including phenoxy) is 3. The van der Waals surface area contributed by atoms with Gasteiger partial charge in [0.1, 0.15) is 12.6 Å². The maximum Gasteiger partial charge on any atom is 0.408 e. The molecule has 2 aliphatic heterocycles. The monoisotopic (exact) mass is 668 g/mol. The molecule has 0 radical (unpaired) electrons. The standard InChI is InChI=1S/C36H36N4O7S/c1-23-30(22-48-35-37-16-5-17-38-35)46-34(47-32(23)27-12-10-25(20-41)11-13-27)28-14-8-24(9-15-28)19-40-31(42)18-29(33(40)43)39-36(44)45-21-26-6-3-2-4-7-26/h2-17,23,29-30,32,34,41H,18-22H2,1H3,(H,39,44)/t23-,29?,30+,32+,34+/m1/s1. The van der Waals surface area contributed by atoms with E-state index >= 15 is 0 Å². The predicted molar refractivity (Wildman–Crippen MR) is 176 cm³/mol. The van der Waals surface area contributed by atoms with Crippen molar-refractivity contribution in [2.24, 2.45) is 5.92 Å². The van der Waals surface area contributed by atoms with Gasteiger partial charge in [-0.05, 0) is 28.3 Å². The van der Waals surface area contributed by atoms with Crippen molar-refractivity contribution in [1.29, 1.82) is 0 Å². The molecule has 48 heavy (non-hydrogen) atoms. The number of likely N-dealkylation sites (tertiary alicyclic amines) is 1. The molecule has 248 valence electrons. The first-order chi connectivity index (χ1) is 23.4. The van der Waals surface area contributed by atoms with Crippen molar-refractivity contribution in [2.75, 3.05) is 5.75 Å². The average Bonchev–Trinajstić information content (AvgIpc) is 3.38. The zero-order chi connectivity index (χ0) is 33.5. The van der Waals surface area contributed by atoms with Crippen molar-refractivity contribution in [2.45, 2.75) is 62.8 Å². The molecule has 0 spiro atoms. The van der Waals surface area contributed by atoms with Crippen molar-refractivity contribution in [3.8, 4) is 0 Å². The van der Waals surface area contributed by atoms with Crippen molar-refractivity contribution in [3.63, 3.8) is 0 Å². The number of hydrogen-bond acceptors (Lipinski definition) is 10. The molecule has 2 saturated heterocycles. The van der Waals surface area contributed by atoms with Gasteiger partial charge in [-0.3, -0.25) is 14.5 Å². The first kappa shape index (κ1) is 33.3. The van der Waals surface area contributed by atoms with E-state index in [2.05, 4.69) is 22.2 Å². The van der Waals surface area contributed by atoms with Gasteiger partial charge in [0.05, 0.1) is 31.8 Å². The van der Waals surface area contributed by atoms with Crippen LogP contribution in [-0.4, -0.2) is 55.8 Å². The van der Waals surface area contributed by atoms with E-state index in [0.29, 0.717) is 10.9 Å². The van der Waals surface area contributed by atoms with E-state index in [1.54, 1.807) is 18.5 Å². The Bertz CT molecular complexity index is 1690. The largest absolute Gasteiger partial charge is 0.445 e. The Balaban J connectivity index is 1.10. The summed E-state index contributed by atoms with van der Waals surface area (Å²) in [5.41, 5.74) is 4.14. The third-order valence-corrected chi connectivity index (χ3v) is 9.35. The molecule has 0 aliphatic carbocycles. The molecule has 2 N–H and O–H groups in total. The molecule has 12 heteroatoms. The van der Waals surface area contributed by atoms with Gasteiger partial charge in [-0.15, -0.1) is 0 Å². The highest BCUT2D eigenvalue weighted by Gasteiger charge is 2.40. The topological polar surface area (TPSA) is 140 Å². The lowest BCUT2D eigenvalue weighted by atomic mass is 9.91. The van der Waals surface area contributed by atoms with Crippen LogP contribution in [0.1, 0.15) is 53.6 Å². The van der Waals surface area contributed by atoms with Gasteiger partial charge in [0, 0.05) is 29.6 Å². The van der Waals surface area contributed by atoms with Crippen LogP contribution in [0.25, 0.3) is 0 Å². The second-order valence-corrected chi connectivity index (χ2v) is 12.7.